The smallest absolute Gasteiger partial charge is 0.101 e. The maximum Gasteiger partial charge on any atom is 0.101 e. The van der Waals surface area contributed by atoms with Crippen LogP contribution in [0.2, 0.25) is 5.02 Å². The molecular formula is C114H138BrClN4S2. The summed E-state index contributed by atoms with van der Waals surface area (Å²) in [5.41, 5.74) is 38.2. The molecule has 12 aromatic rings. The van der Waals surface area contributed by atoms with E-state index >= 15 is 0 Å². The zero-order valence-corrected chi connectivity index (χ0v) is 82.6. The maximum atomic E-state index is 6.47. The van der Waals surface area contributed by atoms with Gasteiger partial charge in [-0.05, 0) is 336 Å². The number of aryl methyl sites for hydroxylation is 2. The first kappa shape index (κ1) is 88.9. The molecule has 0 bridgehead atoms. The first-order chi connectivity index (χ1) is 56.9. The van der Waals surface area contributed by atoms with Crippen molar-refractivity contribution >= 4 is 115 Å². The Kier molecular flexibility index (Phi) is 23.2. The molecule has 640 valence electrons. The Bertz CT molecular complexity index is 5820. The maximum absolute atomic E-state index is 6.47. The van der Waals surface area contributed by atoms with Gasteiger partial charge < -0.3 is 20.4 Å². The van der Waals surface area contributed by atoms with Crippen LogP contribution < -0.4 is 20.4 Å². The second-order valence-corrected chi connectivity index (χ2v) is 48.9. The number of rotatable bonds is 7. The van der Waals surface area contributed by atoms with E-state index in [0.717, 1.165) is 16.3 Å². The molecule has 4 nitrogen and oxygen atoms in total. The van der Waals surface area contributed by atoms with Crippen LogP contribution in [0, 0.1) is 13.8 Å². The average molecular weight is 1740 g/mol. The third kappa shape index (κ3) is 16.4. The number of fused-ring (bicyclic) bond motifs is 10. The van der Waals surface area contributed by atoms with Gasteiger partial charge in [-0.25, -0.2) is 0 Å². The van der Waals surface area contributed by atoms with Crippen LogP contribution in [0.25, 0.3) is 42.4 Å². The van der Waals surface area contributed by atoms with Crippen molar-refractivity contribution in [1.29, 1.82) is 0 Å². The van der Waals surface area contributed by atoms with E-state index in [0.29, 0.717) is 10.8 Å². The van der Waals surface area contributed by atoms with Crippen molar-refractivity contribution < 1.29 is 0 Å². The monoisotopic (exact) mass is 1740 g/mol. The Morgan fingerprint density at radius 3 is 1.21 bits per heavy atom. The van der Waals surface area contributed by atoms with E-state index in [9.17, 15) is 0 Å². The van der Waals surface area contributed by atoms with Crippen LogP contribution >= 0.6 is 50.2 Å². The molecule has 2 aliphatic heterocycles. The zero-order chi connectivity index (χ0) is 88.0. The second kappa shape index (κ2) is 31.9. The third-order valence-corrected chi connectivity index (χ3v) is 33.0. The Morgan fingerprint density at radius 1 is 0.369 bits per heavy atom. The van der Waals surface area contributed by atoms with Crippen LogP contribution in [0.3, 0.4) is 0 Å². The van der Waals surface area contributed by atoms with Crippen molar-refractivity contribution in [1.82, 2.24) is 0 Å². The SMILES string of the molecule is CC(C)(C)c1ccc(N)c(-c2ccccc2)c1.CC1(C)CCC(C)(C)c2cc3sc(Br)cc3cc21.Cc1cc(Cl)cc(N2c3ccc(C(C)(C)C)cc3C3(C)CCCCC23C)c1.Cc1cc(N(c2cc3cc4c(cc3s2)C(C)(C)CCC4(C)C)c2ccc(C(C)(C)C)cc2-c2ccccc2)cc(N2c3ccc(C(C)(C)C)cc3C3(C)CCCCC23C)c1. The molecule has 4 atom stereocenters. The number of benzene rings is 10. The third-order valence-electron chi connectivity index (χ3n) is 30.1. The lowest BCUT2D eigenvalue weighted by molar-refractivity contribution is 0.194. The molecule has 0 spiro atoms. The van der Waals surface area contributed by atoms with E-state index in [4.69, 9.17) is 17.3 Å². The highest BCUT2D eigenvalue weighted by Gasteiger charge is 2.60. The van der Waals surface area contributed by atoms with Crippen LogP contribution in [-0.4, -0.2) is 11.1 Å². The average Bonchev–Trinajstić information content (AvgIpc) is 1.56. The lowest BCUT2D eigenvalue weighted by Gasteiger charge is -2.50. The number of nitrogens with zero attached hydrogens (tertiary/aromatic N) is 3. The molecule has 2 saturated carbocycles. The van der Waals surface area contributed by atoms with Crippen molar-refractivity contribution in [3.8, 4) is 22.3 Å². The van der Waals surface area contributed by atoms with Gasteiger partial charge in [0.1, 0.15) is 5.00 Å². The van der Waals surface area contributed by atoms with Gasteiger partial charge in [-0.3, -0.25) is 0 Å². The molecule has 4 heterocycles. The van der Waals surface area contributed by atoms with E-state index in [1.165, 1.54) is 212 Å². The van der Waals surface area contributed by atoms with E-state index in [-0.39, 0.29) is 54.4 Å². The van der Waals surface area contributed by atoms with E-state index in [1.807, 2.05) is 53.0 Å². The molecule has 8 heteroatoms. The predicted molar refractivity (Wildman–Crippen MR) is 540 cm³/mol. The first-order valence-corrected chi connectivity index (χ1v) is 48.3. The Balaban J connectivity index is 0.000000151. The van der Waals surface area contributed by atoms with Crippen molar-refractivity contribution in [2.45, 2.75) is 322 Å². The van der Waals surface area contributed by atoms with Crippen LogP contribution in [0.4, 0.5) is 44.8 Å². The Labute approximate surface area is 756 Å². The van der Waals surface area contributed by atoms with Crippen LogP contribution in [0.1, 0.15) is 310 Å². The Hall–Kier alpha value is -7.91. The molecule has 18 rings (SSSR count). The van der Waals surface area contributed by atoms with Crippen molar-refractivity contribution in [3.63, 3.8) is 0 Å². The summed E-state index contributed by atoms with van der Waals surface area (Å²) in [4.78, 5) is 7.98. The van der Waals surface area contributed by atoms with E-state index in [1.54, 1.807) is 11.1 Å². The molecule has 2 fully saturated rings. The number of nitrogen functional groups attached to an aromatic ring is 1. The second-order valence-electron chi connectivity index (χ2n) is 44.9. The molecule has 6 aliphatic rings. The van der Waals surface area contributed by atoms with Gasteiger partial charge in [0, 0.05) is 70.5 Å². The van der Waals surface area contributed by atoms with Crippen LogP contribution in [-0.2, 0) is 54.1 Å². The standard InChI is InChI=1S/C57H68N2S.C25H32ClN.C16H19BrS.C16H19N/c1-37-29-42(35-43(30-37)59-49-24-22-41(53(5,6)7)34-47(49)56(12)25-17-18-26-57(56,59)13)58(48-23-21-40(52(2,3)4)33-44(48)38-19-15-14-16-20-38)51-32-39-31-45-46(36-50(39)60-51)55(10,11)28-27-54(45,8)9;1-17-13-19(26)16-20(14-17)27-22-10-9-18(23(2,3)4)15-21(22)24(5)11-7-8-12-25(24,27)6;1-15(2)5-6-16(3,4)12-9-13-10(7-11(12)15)8-14(17)18-13;1-16(2,3)13-9-10-15(17)14(11-13)12-7-5-4-6-8-12/h14-16,19-24,29-36H,17-18,25-28H2,1-13H3;9-10,13-16H,7-8,11-12H2,1-6H3;7-9H,5-6H2,1-4H3;4-11H,17H2,1-3H3. The first-order valence-electron chi connectivity index (χ1n) is 45.5. The fourth-order valence-electron chi connectivity index (χ4n) is 21.6. The predicted octanol–water partition coefficient (Wildman–Crippen LogP) is 35.0. The highest BCUT2D eigenvalue weighted by Crippen LogP contribution is 2.64. The zero-order valence-electron chi connectivity index (χ0n) is 78.6. The van der Waals surface area contributed by atoms with Gasteiger partial charge in [-0.1, -0.05) is 287 Å². The molecule has 0 amide bonds. The van der Waals surface area contributed by atoms with Gasteiger partial charge in [0.2, 0.25) is 0 Å². The number of anilines is 8. The lowest BCUT2D eigenvalue weighted by Crippen LogP contribution is -2.54. The Morgan fingerprint density at radius 2 is 0.754 bits per heavy atom. The molecule has 10 aromatic carbocycles. The van der Waals surface area contributed by atoms with Crippen molar-refractivity contribution in [2.75, 3.05) is 20.4 Å². The highest BCUT2D eigenvalue weighted by molar-refractivity contribution is 9.11. The van der Waals surface area contributed by atoms with Gasteiger partial charge in [0.05, 0.1) is 20.6 Å². The lowest BCUT2D eigenvalue weighted by atomic mass is 9.61. The number of thiophene rings is 2. The molecule has 122 heavy (non-hydrogen) atoms. The molecule has 4 unspecified atom stereocenters. The van der Waals surface area contributed by atoms with Gasteiger partial charge in [-0.15, -0.1) is 22.7 Å². The van der Waals surface area contributed by atoms with E-state index < -0.39 is 0 Å². The van der Waals surface area contributed by atoms with Crippen molar-refractivity contribution in [2.24, 2.45) is 0 Å². The molecule has 0 saturated heterocycles. The summed E-state index contributed by atoms with van der Waals surface area (Å²) in [6, 6.07) is 78.1. The molecule has 2 aromatic heterocycles. The van der Waals surface area contributed by atoms with Crippen molar-refractivity contribution in [3.05, 3.63) is 282 Å². The number of nitrogens with two attached hydrogens (primary N) is 1. The van der Waals surface area contributed by atoms with Gasteiger partial charge in [-0.2, -0.15) is 0 Å². The van der Waals surface area contributed by atoms with Gasteiger partial charge in [0.25, 0.3) is 0 Å². The molecule has 2 N–H and O–H groups in total. The highest BCUT2D eigenvalue weighted by atomic mass is 79.9. The number of hydrogen-bond donors (Lipinski definition) is 1. The quantitative estimate of drug-likeness (QED) is 0.161. The summed E-state index contributed by atoms with van der Waals surface area (Å²) in [6.45, 7) is 61.5. The minimum absolute atomic E-state index is 0.0117. The summed E-state index contributed by atoms with van der Waals surface area (Å²) in [5, 5.41) is 4.81. The summed E-state index contributed by atoms with van der Waals surface area (Å²) >= 11 is 13.9. The van der Waals surface area contributed by atoms with Crippen LogP contribution in [0.15, 0.2) is 210 Å². The normalized spacial score (nSPS) is 21.6. The van der Waals surface area contributed by atoms with Crippen LogP contribution in [0.5, 0.6) is 0 Å². The largest absolute Gasteiger partial charge is 0.398 e. The summed E-state index contributed by atoms with van der Waals surface area (Å²) < 4.78 is 4.01. The summed E-state index contributed by atoms with van der Waals surface area (Å²) in [7, 11) is 0. The minimum atomic E-state index is -0.0418. The molecule has 0 radical (unpaired) electrons. The van der Waals surface area contributed by atoms with Gasteiger partial charge in [0.15, 0.2) is 0 Å². The molecule has 4 aliphatic carbocycles. The number of halogens is 2. The summed E-state index contributed by atoms with van der Waals surface area (Å²) in [5.74, 6) is 0. The topological polar surface area (TPSA) is 35.7 Å². The summed E-state index contributed by atoms with van der Waals surface area (Å²) in [6.07, 6.45) is 15.0. The van der Waals surface area contributed by atoms with E-state index in [2.05, 4.69) is 387 Å². The molecular weight excluding hydrogens is 1600 g/mol. The minimum Gasteiger partial charge on any atom is -0.398 e. The fourth-order valence-corrected chi connectivity index (χ4v) is 24.6. The fraction of sp³-hybridized carbons (Fsp3) is 0.439. The number of hydrogen-bond acceptors (Lipinski definition) is 6. The van der Waals surface area contributed by atoms with Gasteiger partial charge >= 0.3 is 0 Å².